The van der Waals surface area contributed by atoms with Gasteiger partial charge in [-0.3, -0.25) is 14.4 Å². The predicted octanol–water partition coefficient (Wildman–Crippen LogP) is 0.434. The van der Waals surface area contributed by atoms with Crippen LogP contribution >= 0.6 is 0 Å². The first kappa shape index (κ1) is 13.5. The van der Waals surface area contributed by atoms with E-state index < -0.39 is 24.0 Å². The lowest BCUT2D eigenvalue weighted by atomic mass is 10.2. The van der Waals surface area contributed by atoms with Gasteiger partial charge in [-0.1, -0.05) is 13.8 Å². The molecule has 0 spiro atoms. The van der Waals surface area contributed by atoms with Gasteiger partial charge in [-0.2, -0.15) is 0 Å². The molecule has 17 heavy (non-hydrogen) atoms. The summed E-state index contributed by atoms with van der Waals surface area (Å²) in [7, 11) is 0. The van der Waals surface area contributed by atoms with Crippen LogP contribution in [0.1, 0.15) is 26.7 Å². The molecule has 1 heterocycles. The Morgan fingerprint density at radius 3 is 2.65 bits per heavy atom. The molecule has 0 aromatic rings. The van der Waals surface area contributed by atoms with E-state index in [0.717, 1.165) is 0 Å². The number of esters is 3. The lowest BCUT2D eigenvalue weighted by molar-refractivity contribution is -0.163. The number of carbonyl (C=O) groups excluding carboxylic acids is 3. The smallest absolute Gasteiger partial charge is 0.309 e. The van der Waals surface area contributed by atoms with Crippen LogP contribution in [0.25, 0.3) is 0 Å². The maximum atomic E-state index is 11.4. The van der Waals surface area contributed by atoms with Crippen molar-refractivity contribution in [3.05, 3.63) is 0 Å². The van der Waals surface area contributed by atoms with Crippen molar-refractivity contribution in [2.45, 2.75) is 32.8 Å². The minimum Gasteiger partial charge on any atom is -0.465 e. The summed E-state index contributed by atoms with van der Waals surface area (Å²) >= 11 is 0. The van der Waals surface area contributed by atoms with E-state index in [0.29, 0.717) is 0 Å². The van der Waals surface area contributed by atoms with E-state index in [1.54, 1.807) is 13.8 Å². The van der Waals surface area contributed by atoms with E-state index in [4.69, 9.17) is 14.2 Å². The van der Waals surface area contributed by atoms with Crippen molar-refractivity contribution in [1.29, 1.82) is 0 Å². The molecule has 0 N–H and O–H groups in total. The molecule has 6 nitrogen and oxygen atoms in total. The zero-order valence-corrected chi connectivity index (χ0v) is 9.93. The molecule has 0 aliphatic carbocycles. The highest BCUT2D eigenvalue weighted by molar-refractivity contribution is 5.75. The first-order valence-corrected chi connectivity index (χ1v) is 5.50. The highest BCUT2D eigenvalue weighted by atomic mass is 16.6. The van der Waals surface area contributed by atoms with Crippen LogP contribution in [0.2, 0.25) is 0 Å². The second kappa shape index (κ2) is 6.22. The molecule has 96 valence electrons. The van der Waals surface area contributed by atoms with Gasteiger partial charge in [0, 0.05) is 0 Å². The molecular formula is C11H16O6. The summed E-state index contributed by atoms with van der Waals surface area (Å²) in [5, 5.41) is 0. The third-order valence-electron chi connectivity index (χ3n) is 2.15. The molecule has 1 aliphatic heterocycles. The standard InChI is InChI=1S/C11H16O6/c1-7(2)11(14)17-8-5-10(13)15-4-3-9(12)16-6-8/h7-8H,3-6H2,1-2H3. The normalized spacial score (nSPS) is 21.9. The summed E-state index contributed by atoms with van der Waals surface area (Å²) in [5.74, 6) is -1.69. The van der Waals surface area contributed by atoms with Gasteiger partial charge in [0.1, 0.15) is 19.3 Å². The molecule has 0 radical (unpaired) electrons. The SMILES string of the molecule is CC(C)C(=O)OC1COC(=O)CCOC(=O)C1. The van der Waals surface area contributed by atoms with Gasteiger partial charge in [0.25, 0.3) is 0 Å². The number of ether oxygens (including phenoxy) is 3. The van der Waals surface area contributed by atoms with Gasteiger partial charge in [-0.25, -0.2) is 0 Å². The van der Waals surface area contributed by atoms with Crippen molar-refractivity contribution in [2.75, 3.05) is 13.2 Å². The van der Waals surface area contributed by atoms with Gasteiger partial charge >= 0.3 is 17.9 Å². The lowest BCUT2D eigenvalue weighted by Crippen LogP contribution is -2.28. The summed E-state index contributed by atoms with van der Waals surface area (Å²) in [6.07, 6.45) is -0.832. The first-order valence-electron chi connectivity index (χ1n) is 5.50. The maximum absolute atomic E-state index is 11.4. The second-order valence-corrected chi connectivity index (χ2v) is 4.07. The summed E-state index contributed by atoms with van der Waals surface area (Å²) in [5.41, 5.74) is 0. The molecule has 1 unspecified atom stereocenters. The molecule has 1 fully saturated rings. The first-order chi connectivity index (χ1) is 7.99. The molecule has 1 atom stereocenters. The topological polar surface area (TPSA) is 78.9 Å². The van der Waals surface area contributed by atoms with Gasteiger partial charge in [0.2, 0.25) is 0 Å². The average Bonchev–Trinajstić information content (AvgIpc) is 2.31. The summed E-state index contributed by atoms with van der Waals surface area (Å²) < 4.78 is 14.7. The van der Waals surface area contributed by atoms with E-state index in [-0.39, 0.29) is 32.0 Å². The van der Waals surface area contributed by atoms with Gasteiger partial charge in [-0.05, 0) is 0 Å². The molecule has 6 heteroatoms. The third-order valence-corrected chi connectivity index (χ3v) is 2.15. The molecule has 1 rings (SSSR count). The Morgan fingerprint density at radius 1 is 1.29 bits per heavy atom. The lowest BCUT2D eigenvalue weighted by Gasteiger charge is -2.17. The van der Waals surface area contributed by atoms with E-state index in [2.05, 4.69) is 0 Å². The molecule has 0 saturated carbocycles. The fourth-order valence-electron chi connectivity index (χ4n) is 1.19. The van der Waals surface area contributed by atoms with Crippen molar-refractivity contribution in [3.63, 3.8) is 0 Å². The summed E-state index contributed by atoms with van der Waals surface area (Å²) in [6, 6.07) is 0. The van der Waals surface area contributed by atoms with Crippen LogP contribution in [-0.4, -0.2) is 37.2 Å². The molecule has 1 saturated heterocycles. The minimum atomic E-state index is -0.764. The van der Waals surface area contributed by atoms with Gasteiger partial charge < -0.3 is 14.2 Å². The van der Waals surface area contributed by atoms with Crippen LogP contribution in [0.4, 0.5) is 0 Å². The highest BCUT2D eigenvalue weighted by Gasteiger charge is 2.24. The van der Waals surface area contributed by atoms with Crippen molar-refractivity contribution in [1.82, 2.24) is 0 Å². The number of rotatable bonds is 2. The Labute approximate surface area is 99.2 Å². The fraction of sp³-hybridized carbons (Fsp3) is 0.727. The average molecular weight is 244 g/mol. The van der Waals surface area contributed by atoms with E-state index in [9.17, 15) is 14.4 Å². The highest BCUT2D eigenvalue weighted by Crippen LogP contribution is 2.09. The van der Waals surface area contributed by atoms with Crippen LogP contribution in [0.5, 0.6) is 0 Å². The molecule has 0 amide bonds. The predicted molar refractivity (Wildman–Crippen MR) is 55.9 cm³/mol. The van der Waals surface area contributed by atoms with E-state index >= 15 is 0 Å². The molecule has 0 aromatic carbocycles. The zero-order chi connectivity index (χ0) is 12.8. The maximum Gasteiger partial charge on any atom is 0.309 e. The molecule has 0 bridgehead atoms. The van der Waals surface area contributed by atoms with Crippen LogP contribution in [0.3, 0.4) is 0 Å². The Balaban J connectivity index is 2.57. The van der Waals surface area contributed by atoms with Crippen molar-refractivity contribution in [2.24, 2.45) is 5.92 Å². The summed E-state index contributed by atoms with van der Waals surface area (Å²) in [4.78, 5) is 33.8. The number of hydrogen-bond donors (Lipinski definition) is 0. The van der Waals surface area contributed by atoms with Gasteiger partial charge in [-0.15, -0.1) is 0 Å². The van der Waals surface area contributed by atoms with Crippen LogP contribution < -0.4 is 0 Å². The minimum absolute atomic E-state index is 0.00249. The number of cyclic esters (lactones) is 2. The molecule has 0 aromatic heterocycles. The van der Waals surface area contributed by atoms with Crippen LogP contribution in [0, 0.1) is 5.92 Å². The number of carbonyl (C=O) groups is 3. The Kier molecular flexibility index (Phi) is 4.93. The van der Waals surface area contributed by atoms with Crippen molar-refractivity contribution in [3.8, 4) is 0 Å². The van der Waals surface area contributed by atoms with E-state index in [1.807, 2.05) is 0 Å². The largest absolute Gasteiger partial charge is 0.465 e. The van der Waals surface area contributed by atoms with Gasteiger partial charge in [0.15, 0.2) is 0 Å². The van der Waals surface area contributed by atoms with Gasteiger partial charge in [0.05, 0.1) is 18.8 Å². The monoisotopic (exact) mass is 244 g/mol. The van der Waals surface area contributed by atoms with Crippen LogP contribution in [0.15, 0.2) is 0 Å². The quantitative estimate of drug-likeness (QED) is 0.518. The Hall–Kier alpha value is -1.59. The Bertz CT molecular complexity index is 309. The van der Waals surface area contributed by atoms with E-state index in [1.165, 1.54) is 0 Å². The van der Waals surface area contributed by atoms with Crippen LogP contribution in [-0.2, 0) is 28.6 Å². The molecular weight excluding hydrogens is 228 g/mol. The molecule has 1 aliphatic rings. The zero-order valence-electron chi connectivity index (χ0n) is 9.93. The number of hydrogen-bond acceptors (Lipinski definition) is 6. The third kappa shape index (κ3) is 4.84. The van der Waals surface area contributed by atoms with Crippen molar-refractivity contribution >= 4 is 17.9 Å². The second-order valence-electron chi connectivity index (χ2n) is 4.07. The Morgan fingerprint density at radius 2 is 2.00 bits per heavy atom. The summed E-state index contributed by atoms with van der Waals surface area (Å²) in [6.45, 7) is 3.26. The van der Waals surface area contributed by atoms with Crippen molar-refractivity contribution < 1.29 is 28.6 Å². The fourth-order valence-corrected chi connectivity index (χ4v) is 1.19.